The molecule has 1 fully saturated rings. The van der Waals surface area contributed by atoms with Crippen molar-refractivity contribution in [2.24, 2.45) is 0 Å². The Kier molecular flexibility index (Phi) is 3.82. The number of hydrogen-bond acceptors (Lipinski definition) is 2. The van der Waals surface area contributed by atoms with Crippen LogP contribution >= 0.6 is 0 Å². The van der Waals surface area contributed by atoms with Gasteiger partial charge in [0.1, 0.15) is 5.72 Å². The highest BCUT2D eigenvalue weighted by molar-refractivity contribution is 4.70. The molecule has 0 aliphatic carbocycles. The van der Waals surface area contributed by atoms with E-state index in [4.69, 9.17) is 4.74 Å². The second-order valence-corrected chi connectivity index (χ2v) is 2.29. The molecule has 1 aliphatic rings. The van der Waals surface area contributed by atoms with Crippen LogP contribution in [0.2, 0.25) is 0 Å². The van der Waals surface area contributed by atoms with E-state index in [1.54, 1.807) is 0 Å². The third-order valence-corrected chi connectivity index (χ3v) is 1.12. The summed E-state index contributed by atoms with van der Waals surface area (Å²) in [7, 11) is 0. The van der Waals surface area contributed by atoms with Crippen molar-refractivity contribution in [2.45, 2.75) is 33.4 Å². The minimum Gasteiger partial charge on any atom is -0.360 e. The van der Waals surface area contributed by atoms with Crippen molar-refractivity contribution < 1.29 is 4.74 Å². The van der Waals surface area contributed by atoms with Gasteiger partial charge < -0.3 is 4.74 Å². The van der Waals surface area contributed by atoms with Gasteiger partial charge in [0.05, 0.1) is 6.61 Å². The number of hydrogen-bond donors (Lipinski definition) is 1. The number of ether oxygens (including phenoxy) is 1. The smallest absolute Gasteiger partial charge is 0.113 e. The number of rotatable bonds is 0. The maximum absolute atomic E-state index is 5.23. The van der Waals surface area contributed by atoms with Gasteiger partial charge in [0, 0.05) is 6.54 Å². The molecular weight excluding hydrogens is 114 g/mol. The van der Waals surface area contributed by atoms with Crippen LogP contribution in [0.1, 0.15) is 27.7 Å². The first-order valence-corrected chi connectivity index (χ1v) is 3.60. The van der Waals surface area contributed by atoms with Gasteiger partial charge in [0.15, 0.2) is 0 Å². The fourth-order valence-corrected chi connectivity index (χ4v) is 0.709. The Morgan fingerprint density at radius 3 is 2.00 bits per heavy atom. The van der Waals surface area contributed by atoms with E-state index in [1.165, 1.54) is 0 Å². The van der Waals surface area contributed by atoms with Crippen molar-refractivity contribution in [3.63, 3.8) is 0 Å². The second kappa shape index (κ2) is 3.85. The van der Waals surface area contributed by atoms with Gasteiger partial charge in [-0.1, -0.05) is 13.8 Å². The van der Waals surface area contributed by atoms with Gasteiger partial charge >= 0.3 is 0 Å². The SMILES string of the molecule is CC.CC1(C)NCCO1. The lowest BCUT2D eigenvalue weighted by molar-refractivity contribution is 0.0233. The Hall–Kier alpha value is -0.0800. The molecule has 0 saturated carbocycles. The Morgan fingerprint density at radius 2 is 1.89 bits per heavy atom. The summed E-state index contributed by atoms with van der Waals surface area (Å²) in [5.41, 5.74) is -0.0556. The molecule has 0 bridgehead atoms. The van der Waals surface area contributed by atoms with Gasteiger partial charge in [0.2, 0.25) is 0 Å². The highest BCUT2D eigenvalue weighted by Crippen LogP contribution is 2.07. The molecular formula is C7H17NO. The van der Waals surface area contributed by atoms with E-state index in [9.17, 15) is 0 Å². The van der Waals surface area contributed by atoms with Crippen LogP contribution in [-0.2, 0) is 4.74 Å². The molecule has 9 heavy (non-hydrogen) atoms. The molecule has 1 aliphatic heterocycles. The minimum absolute atomic E-state index is 0.0556. The molecule has 0 spiro atoms. The summed E-state index contributed by atoms with van der Waals surface area (Å²) in [4.78, 5) is 0. The normalized spacial score (nSPS) is 22.7. The summed E-state index contributed by atoms with van der Waals surface area (Å²) in [5.74, 6) is 0. The maximum atomic E-state index is 5.23. The van der Waals surface area contributed by atoms with Crippen LogP contribution in [0.25, 0.3) is 0 Å². The zero-order chi connectivity index (χ0) is 7.33. The largest absolute Gasteiger partial charge is 0.360 e. The van der Waals surface area contributed by atoms with Crippen molar-refractivity contribution in [2.75, 3.05) is 13.2 Å². The topological polar surface area (TPSA) is 21.3 Å². The van der Waals surface area contributed by atoms with Crippen LogP contribution in [0.15, 0.2) is 0 Å². The Bertz CT molecular complexity index is 63.3. The van der Waals surface area contributed by atoms with E-state index in [-0.39, 0.29) is 5.72 Å². The summed E-state index contributed by atoms with van der Waals surface area (Å²) in [6.07, 6.45) is 0. The molecule has 0 aromatic heterocycles. The van der Waals surface area contributed by atoms with E-state index in [1.807, 2.05) is 27.7 Å². The Balaban J connectivity index is 0.000000291. The van der Waals surface area contributed by atoms with E-state index in [0.29, 0.717) is 0 Å². The zero-order valence-corrected chi connectivity index (χ0v) is 6.82. The molecule has 0 amide bonds. The average molecular weight is 131 g/mol. The van der Waals surface area contributed by atoms with Gasteiger partial charge in [-0.25, -0.2) is 0 Å². The molecule has 0 unspecified atom stereocenters. The van der Waals surface area contributed by atoms with Crippen molar-refractivity contribution in [3.8, 4) is 0 Å². The van der Waals surface area contributed by atoms with Crippen molar-refractivity contribution in [1.82, 2.24) is 5.32 Å². The van der Waals surface area contributed by atoms with Crippen molar-refractivity contribution in [1.29, 1.82) is 0 Å². The molecule has 56 valence electrons. The quantitative estimate of drug-likeness (QED) is 0.536. The lowest BCUT2D eigenvalue weighted by Gasteiger charge is -2.15. The second-order valence-electron chi connectivity index (χ2n) is 2.29. The molecule has 1 saturated heterocycles. The third kappa shape index (κ3) is 3.49. The monoisotopic (exact) mass is 131 g/mol. The molecule has 1 rings (SSSR count). The van der Waals surface area contributed by atoms with Gasteiger partial charge in [-0.05, 0) is 13.8 Å². The molecule has 2 nitrogen and oxygen atoms in total. The van der Waals surface area contributed by atoms with Crippen LogP contribution in [0, 0.1) is 0 Å². The van der Waals surface area contributed by atoms with Gasteiger partial charge in [-0.2, -0.15) is 0 Å². The van der Waals surface area contributed by atoms with Crippen LogP contribution < -0.4 is 5.32 Å². The highest BCUT2D eigenvalue weighted by atomic mass is 16.5. The third-order valence-electron chi connectivity index (χ3n) is 1.12. The molecule has 0 radical (unpaired) electrons. The summed E-state index contributed by atoms with van der Waals surface area (Å²) in [6, 6.07) is 0. The van der Waals surface area contributed by atoms with Gasteiger partial charge in [0.25, 0.3) is 0 Å². The predicted octanol–water partition coefficient (Wildman–Crippen LogP) is 1.37. The summed E-state index contributed by atoms with van der Waals surface area (Å²) in [5, 5.41) is 3.17. The fourth-order valence-electron chi connectivity index (χ4n) is 0.709. The Labute approximate surface area is 57.6 Å². The molecule has 2 heteroatoms. The molecule has 0 aromatic carbocycles. The molecule has 1 N–H and O–H groups in total. The van der Waals surface area contributed by atoms with Crippen molar-refractivity contribution in [3.05, 3.63) is 0 Å². The van der Waals surface area contributed by atoms with Crippen LogP contribution in [0.4, 0.5) is 0 Å². The summed E-state index contributed by atoms with van der Waals surface area (Å²) in [6.45, 7) is 9.90. The lowest BCUT2D eigenvalue weighted by atomic mass is 10.3. The van der Waals surface area contributed by atoms with Crippen LogP contribution in [-0.4, -0.2) is 18.9 Å². The van der Waals surface area contributed by atoms with E-state index < -0.39 is 0 Å². The summed E-state index contributed by atoms with van der Waals surface area (Å²) < 4.78 is 5.23. The standard InChI is InChI=1S/C5H11NO.C2H6/c1-5(2)6-3-4-7-5;1-2/h6H,3-4H2,1-2H3;1-2H3. The first kappa shape index (κ1) is 8.92. The summed E-state index contributed by atoms with van der Waals surface area (Å²) >= 11 is 0. The maximum Gasteiger partial charge on any atom is 0.113 e. The van der Waals surface area contributed by atoms with Crippen LogP contribution in [0.5, 0.6) is 0 Å². The first-order valence-electron chi connectivity index (χ1n) is 3.60. The van der Waals surface area contributed by atoms with E-state index in [0.717, 1.165) is 13.2 Å². The van der Waals surface area contributed by atoms with Crippen molar-refractivity contribution >= 4 is 0 Å². The fraction of sp³-hybridized carbons (Fsp3) is 1.00. The Morgan fingerprint density at radius 1 is 1.33 bits per heavy atom. The van der Waals surface area contributed by atoms with E-state index in [2.05, 4.69) is 5.32 Å². The molecule has 1 heterocycles. The van der Waals surface area contributed by atoms with E-state index >= 15 is 0 Å². The van der Waals surface area contributed by atoms with Crippen LogP contribution in [0.3, 0.4) is 0 Å². The zero-order valence-electron chi connectivity index (χ0n) is 6.82. The highest BCUT2D eigenvalue weighted by Gasteiger charge is 2.21. The van der Waals surface area contributed by atoms with Gasteiger partial charge in [-0.3, -0.25) is 5.32 Å². The lowest BCUT2D eigenvalue weighted by Crippen LogP contribution is -2.33. The van der Waals surface area contributed by atoms with Gasteiger partial charge in [-0.15, -0.1) is 0 Å². The minimum atomic E-state index is -0.0556. The number of nitrogens with one attached hydrogen (secondary N) is 1. The molecule has 0 aromatic rings. The average Bonchev–Trinajstić information content (AvgIpc) is 2.19. The molecule has 0 atom stereocenters. The first-order chi connectivity index (χ1) is 4.21. The predicted molar refractivity (Wildman–Crippen MR) is 39.4 cm³/mol.